The number of nitrogens with zero attached hydrogens (tertiary/aromatic N) is 2. The van der Waals surface area contributed by atoms with Gasteiger partial charge in [-0.2, -0.15) is 0 Å². The number of rotatable bonds is 6. The SMILES string of the molecule is C1=Cc2c(c(-c3cc(-c4cccnc4)cc(-c4cccnc4)c3)c3ccccc3c2-c2ccc3c(c2)oc2ccc(-c4c5ccccc5c(-c5ccccc5)c5ccccc45)cc23)CC1. The van der Waals surface area contributed by atoms with Crippen molar-refractivity contribution < 1.29 is 4.42 Å². The highest BCUT2D eigenvalue weighted by atomic mass is 16.3. The average molecular weight is 829 g/mol. The minimum Gasteiger partial charge on any atom is -0.456 e. The number of hydrogen-bond acceptors (Lipinski definition) is 3. The summed E-state index contributed by atoms with van der Waals surface area (Å²) >= 11 is 0. The molecule has 65 heavy (non-hydrogen) atoms. The summed E-state index contributed by atoms with van der Waals surface area (Å²) in [5.74, 6) is 0. The second-order valence-electron chi connectivity index (χ2n) is 17.1. The van der Waals surface area contributed by atoms with E-state index in [4.69, 9.17) is 4.42 Å². The van der Waals surface area contributed by atoms with Gasteiger partial charge in [0.25, 0.3) is 0 Å². The Labute approximate surface area is 376 Å². The number of pyridine rings is 2. The van der Waals surface area contributed by atoms with Crippen LogP contribution in [0.2, 0.25) is 0 Å². The van der Waals surface area contributed by atoms with Gasteiger partial charge in [-0.1, -0.05) is 140 Å². The second kappa shape index (κ2) is 15.1. The molecule has 1 aliphatic rings. The molecule has 3 aromatic heterocycles. The van der Waals surface area contributed by atoms with Gasteiger partial charge >= 0.3 is 0 Å². The summed E-state index contributed by atoms with van der Waals surface area (Å²) in [4.78, 5) is 8.98. The average Bonchev–Trinajstić information content (AvgIpc) is 3.75. The van der Waals surface area contributed by atoms with Crippen LogP contribution in [-0.2, 0) is 6.42 Å². The number of aromatic nitrogens is 2. The van der Waals surface area contributed by atoms with Gasteiger partial charge in [-0.15, -0.1) is 0 Å². The van der Waals surface area contributed by atoms with Crippen molar-refractivity contribution in [1.29, 1.82) is 0 Å². The molecule has 12 aromatic rings. The molecule has 0 atom stereocenters. The molecule has 0 bridgehead atoms. The molecule has 0 radical (unpaired) electrons. The van der Waals surface area contributed by atoms with E-state index in [0.29, 0.717) is 0 Å². The van der Waals surface area contributed by atoms with Gasteiger partial charge in [-0.25, -0.2) is 0 Å². The maximum Gasteiger partial charge on any atom is 0.136 e. The van der Waals surface area contributed by atoms with Gasteiger partial charge in [0.05, 0.1) is 0 Å². The minimum atomic E-state index is 0.885. The van der Waals surface area contributed by atoms with Crippen LogP contribution in [0.5, 0.6) is 0 Å². The first-order valence-corrected chi connectivity index (χ1v) is 22.4. The highest BCUT2D eigenvalue weighted by Gasteiger charge is 2.24. The van der Waals surface area contributed by atoms with Crippen LogP contribution >= 0.6 is 0 Å². The summed E-state index contributed by atoms with van der Waals surface area (Å²) in [7, 11) is 0. The Kier molecular flexibility index (Phi) is 8.67. The van der Waals surface area contributed by atoms with Crippen LogP contribution in [0.3, 0.4) is 0 Å². The normalized spacial score (nSPS) is 12.4. The van der Waals surface area contributed by atoms with Crippen LogP contribution in [0.25, 0.3) is 127 Å². The van der Waals surface area contributed by atoms with E-state index in [-0.39, 0.29) is 0 Å². The summed E-state index contributed by atoms with van der Waals surface area (Å²) in [6, 6.07) is 66.2. The monoisotopic (exact) mass is 828 g/mol. The fourth-order valence-electron chi connectivity index (χ4n) is 10.6. The molecule has 3 heterocycles. The van der Waals surface area contributed by atoms with Crippen LogP contribution in [-0.4, -0.2) is 9.97 Å². The highest BCUT2D eigenvalue weighted by Crippen LogP contribution is 2.48. The Morgan fingerprint density at radius 1 is 0.338 bits per heavy atom. The molecule has 0 fully saturated rings. The van der Waals surface area contributed by atoms with Crippen LogP contribution in [0.15, 0.2) is 217 Å². The molecule has 304 valence electrons. The fraction of sp³-hybridized carbons (Fsp3) is 0.0323. The molecule has 3 heteroatoms. The lowest BCUT2D eigenvalue weighted by Crippen LogP contribution is -2.03. The number of furan rings is 1. The topological polar surface area (TPSA) is 38.9 Å². The molecule has 13 rings (SSSR count). The third-order valence-corrected chi connectivity index (χ3v) is 13.5. The first kappa shape index (κ1) is 37.2. The van der Waals surface area contributed by atoms with Crippen molar-refractivity contribution >= 4 is 60.3 Å². The van der Waals surface area contributed by atoms with Crippen molar-refractivity contribution in [3.63, 3.8) is 0 Å². The van der Waals surface area contributed by atoms with Gasteiger partial charge in [-0.05, 0) is 167 Å². The van der Waals surface area contributed by atoms with Crippen LogP contribution < -0.4 is 0 Å². The molecule has 9 aromatic carbocycles. The summed E-state index contributed by atoms with van der Waals surface area (Å²) < 4.78 is 6.79. The molecule has 1 aliphatic carbocycles. The fourth-order valence-corrected chi connectivity index (χ4v) is 10.6. The quantitative estimate of drug-likeness (QED) is 0.157. The number of fused-ring (bicyclic) bond motifs is 7. The Morgan fingerprint density at radius 3 is 1.48 bits per heavy atom. The standard InChI is InChI=1S/C62H40N2O/c1-2-14-39(15-3-1)59-48-18-4-6-20-50(48)60(51-21-7-5-19-49(51)59)40-27-29-57-56(35-40)47-28-26-41(36-58(47)65-57)61-52-22-8-10-24-54(52)62(55-25-11-9-23-53(55)61)46-33-44(42-16-12-30-63-37-42)32-45(34-46)43-17-13-31-64-38-43/h1-10,12-24,26-38H,11,25H2. The molecule has 0 amide bonds. The number of allylic oxidation sites excluding steroid dienone is 1. The number of hydrogen-bond donors (Lipinski definition) is 0. The summed E-state index contributed by atoms with van der Waals surface area (Å²) in [5, 5.41) is 9.67. The van der Waals surface area contributed by atoms with Crippen molar-refractivity contribution in [1.82, 2.24) is 9.97 Å². The third-order valence-electron chi connectivity index (χ3n) is 13.5. The zero-order valence-corrected chi connectivity index (χ0v) is 35.5. The smallest absolute Gasteiger partial charge is 0.136 e. The van der Waals surface area contributed by atoms with Crippen molar-refractivity contribution in [2.75, 3.05) is 0 Å². The van der Waals surface area contributed by atoms with Gasteiger partial charge in [0.2, 0.25) is 0 Å². The first-order chi connectivity index (χ1) is 32.2. The van der Waals surface area contributed by atoms with Gasteiger partial charge in [-0.3, -0.25) is 9.97 Å². The molecule has 0 spiro atoms. The summed E-state index contributed by atoms with van der Waals surface area (Å²) in [6.45, 7) is 0. The molecule has 0 saturated carbocycles. The van der Waals surface area contributed by atoms with Crippen molar-refractivity contribution in [2.24, 2.45) is 0 Å². The Bertz CT molecular complexity index is 3750. The molecule has 0 aliphatic heterocycles. The van der Waals surface area contributed by atoms with Crippen molar-refractivity contribution in [2.45, 2.75) is 12.8 Å². The zero-order valence-electron chi connectivity index (χ0n) is 35.5. The minimum absolute atomic E-state index is 0.885. The van der Waals surface area contributed by atoms with E-state index in [9.17, 15) is 0 Å². The van der Waals surface area contributed by atoms with Crippen LogP contribution in [0.1, 0.15) is 17.5 Å². The van der Waals surface area contributed by atoms with E-state index in [0.717, 1.165) is 62.6 Å². The van der Waals surface area contributed by atoms with E-state index >= 15 is 0 Å². The zero-order chi connectivity index (χ0) is 42.8. The molecule has 0 saturated heterocycles. The maximum absolute atomic E-state index is 6.79. The molecule has 0 N–H and O–H groups in total. The molecule has 3 nitrogen and oxygen atoms in total. The third kappa shape index (κ3) is 6.12. The van der Waals surface area contributed by atoms with E-state index in [1.807, 2.05) is 36.9 Å². The lowest BCUT2D eigenvalue weighted by Gasteiger charge is -2.24. The summed E-state index contributed by atoms with van der Waals surface area (Å²) in [5.41, 5.74) is 18.6. The van der Waals surface area contributed by atoms with Crippen molar-refractivity contribution in [3.8, 4) is 66.8 Å². The highest BCUT2D eigenvalue weighted by molar-refractivity contribution is 6.22. The van der Waals surface area contributed by atoms with E-state index < -0.39 is 0 Å². The van der Waals surface area contributed by atoms with Gasteiger partial charge in [0, 0.05) is 46.7 Å². The second-order valence-corrected chi connectivity index (χ2v) is 17.1. The molecular formula is C62H40N2O. The maximum atomic E-state index is 6.79. The Balaban J connectivity index is 0.988. The Morgan fingerprint density at radius 2 is 0.862 bits per heavy atom. The van der Waals surface area contributed by atoms with Crippen LogP contribution in [0.4, 0.5) is 0 Å². The van der Waals surface area contributed by atoms with E-state index in [1.54, 1.807) is 0 Å². The Hall–Kier alpha value is -8.40. The summed E-state index contributed by atoms with van der Waals surface area (Å²) in [6.07, 6.45) is 14.2. The number of benzene rings is 9. The molecule has 0 unspecified atom stereocenters. The van der Waals surface area contributed by atoms with Gasteiger partial charge in [0.15, 0.2) is 0 Å². The van der Waals surface area contributed by atoms with Gasteiger partial charge in [0.1, 0.15) is 11.2 Å². The van der Waals surface area contributed by atoms with E-state index in [2.05, 4.69) is 192 Å². The molecular weight excluding hydrogens is 789 g/mol. The lowest BCUT2D eigenvalue weighted by molar-refractivity contribution is 0.669. The van der Waals surface area contributed by atoms with Gasteiger partial charge < -0.3 is 4.42 Å². The predicted octanol–water partition coefficient (Wildman–Crippen LogP) is 16.8. The van der Waals surface area contributed by atoms with Crippen molar-refractivity contribution in [3.05, 3.63) is 224 Å². The van der Waals surface area contributed by atoms with E-state index in [1.165, 1.54) is 82.4 Å². The largest absolute Gasteiger partial charge is 0.456 e. The van der Waals surface area contributed by atoms with Crippen LogP contribution in [0, 0.1) is 0 Å². The lowest BCUT2D eigenvalue weighted by atomic mass is 9.79. The first-order valence-electron chi connectivity index (χ1n) is 22.4. The predicted molar refractivity (Wildman–Crippen MR) is 272 cm³/mol.